The molecule has 152 valence electrons. The molecule has 5 aliphatic rings. The number of H-pyrrole nitrogens is 1. The van der Waals surface area contributed by atoms with Gasteiger partial charge in [0.05, 0.1) is 28.9 Å². The van der Waals surface area contributed by atoms with Crippen LogP contribution in [0, 0.1) is 5.92 Å². The molecule has 1 unspecified atom stereocenters. The quantitative estimate of drug-likeness (QED) is 0.686. The minimum absolute atomic E-state index is 0.150. The van der Waals surface area contributed by atoms with Gasteiger partial charge in [-0.2, -0.15) is 0 Å². The highest BCUT2D eigenvalue weighted by molar-refractivity contribution is 6.26. The summed E-state index contributed by atoms with van der Waals surface area (Å²) in [6, 6.07) is 12.8. The summed E-state index contributed by atoms with van der Waals surface area (Å²) in [7, 11) is 0. The normalized spacial score (nSPS) is 24.0. The van der Waals surface area contributed by atoms with Gasteiger partial charge in [0, 0.05) is 33.4 Å². The van der Waals surface area contributed by atoms with Crippen LogP contribution in [0.4, 0.5) is 0 Å². The SMILES string of the molecule is C1=CC2=C3C=C4N=C(C=c5ccc([nH]5)=CC5=NC(=CC(N3)[C@H]2C=C1)C=C5)c1ccccc14. The van der Waals surface area contributed by atoms with Crippen molar-refractivity contribution in [1.29, 1.82) is 0 Å². The van der Waals surface area contributed by atoms with Gasteiger partial charge in [-0.05, 0) is 54.2 Å². The summed E-state index contributed by atoms with van der Waals surface area (Å²) >= 11 is 0. The molecule has 0 spiro atoms. The molecule has 1 aromatic carbocycles. The van der Waals surface area contributed by atoms with Crippen LogP contribution in [0.3, 0.4) is 0 Å². The van der Waals surface area contributed by atoms with E-state index in [2.05, 4.69) is 107 Å². The van der Waals surface area contributed by atoms with Crippen molar-refractivity contribution >= 4 is 29.3 Å². The van der Waals surface area contributed by atoms with Gasteiger partial charge in [-0.1, -0.05) is 48.6 Å². The number of aliphatic imine (C=N–C) groups is 2. The third kappa shape index (κ3) is 2.77. The van der Waals surface area contributed by atoms with Crippen molar-refractivity contribution in [2.45, 2.75) is 6.04 Å². The molecule has 0 radical (unpaired) electrons. The molecule has 2 aromatic rings. The zero-order chi connectivity index (χ0) is 21.1. The van der Waals surface area contributed by atoms with Crippen molar-refractivity contribution in [3.63, 3.8) is 0 Å². The Morgan fingerprint density at radius 1 is 0.781 bits per heavy atom. The lowest BCUT2D eigenvalue weighted by Gasteiger charge is -2.16. The van der Waals surface area contributed by atoms with Crippen LogP contribution >= 0.6 is 0 Å². The van der Waals surface area contributed by atoms with Gasteiger partial charge in [-0.15, -0.1) is 0 Å². The molecule has 1 aliphatic carbocycles. The Balaban J connectivity index is 1.48. The highest BCUT2D eigenvalue weighted by Crippen LogP contribution is 2.36. The number of aromatic amines is 1. The highest BCUT2D eigenvalue weighted by Gasteiger charge is 2.31. The highest BCUT2D eigenvalue weighted by atomic mass is 15.0. The minimum atomic E-state index is 0.150. The summed E-state index contributed by atoms with van der Waals surface area (Å²) in [5.74, 6) is 0.281. The van der Waals surface area contributed by atoms with E-state index in [0.29, 0.717) is 0 Å². The number of nitrogens with zero attached hydrogens (tertiary/aromatic N) is 2. The van der Waals surface area contributed by atoms with Crippen LogP contribution in [0.1, 0.15) is 11.1 Å². The van der Waals surface area contributed by atoms with E-state index < -0.39 is 0 Å². The Bertz CT molecular complexity index is 1550. The number of allylic oxidation sites excluding steroid dienone is 6. The van der Waals surface area contributed by atoms with E-state index in [-0.39, 0.29) is 12.0 Å². The molecule has 0 saturated carbocycles. The van der Waals surface area contributed by atoms with Gasteiger partial charge in [0.2, 0.25) is 0 Å². The molecule has 0 amide bonds. The average molecular weight is 412 g/mol. The molecular weight excluding hydrogens is 392 g/mol. The Morgan fingerprint density at radius 3 is 2.59 bits per heavy atom. The Morgan fingerprint density at radius 2 is 1.66 bits per heavy atom. The van der Waals surface area contributed by atoms with Crippen molar-refractivity contribution in [2.75, 3.05) is 0 Å². The lowest BCUT2D eigenvalue weighted by atomic mass is 9.90. The van der Waals surface area contributed by atoms with Gasteiger partial charge < -0.3 is 10.3 Å². The van der Waals surface area contributed by atoms with Gasteiger partial charge in [0.25, 0.3) is 0 Å². The summed E-state index contributed by atoms with van der Waals surface area (Å²) in [5, 5.41) is 5.79. The Kier molecular flexibility index (Phi) is 3.64. The first kappa shape index (κ1) is 17.5. The van der Waals surface area contributed by atoms with Crippen LogP contribution in [-0.2, 0) is 0 Å². The molecule has 7 rings (SSSR count). The molecule has 2 atom stereocenters. The van der Waals surface area contributed by atoms with Crippen LogP contribution < -0.4 is 16.0 Å². The van der Waals surface area contributed by atoms with E-state index in [0.717, 1.165) is 50.3 Å². The molecule has 2 N–H and O–H groups in total. The zero-order valence-corrected chi connectivity index (χ0v) is 17.3. The molecule has 32 heavy (non-hydrogen) atoms. The number of benzene rings is 1. The maximum atomic E-state index is 5.04. The lowest BCUT2D eigenvalue weighted by Crippen LogP contribution is -2.26. The van der Waals surface area contributed by atoms with E-state index in [1.54, 1.807) is 0 Å². The van der Waals surface area contributed by atoms with E-state index in [1.807, 2.05) is 0 Å². The smallest absolute Gasteiger partial charge is 0.0737 e. The van der Waals surface area contributed by atoms with Gasteiger partial charge in [-0.3, -0.25) is 0 Å². The fourth-order valence-corrected chi connectivity index (χ4v) is 4.96. The minimum Gasteiger partial charge on any atom is -0.378 e. The number of hydrogen-bond donors (Lipinski definition) is 2. The number of nitrogens with one attached hydrogen (secondary N) is 2. The molecule has 0 saturated heterocycles. The van der Waals surface area contributed by atoms with Crippen LogP contribution in [0.5, 0.6) is 0 Å². The molecule has 4 heteroatoms. The van der Waals surface area contributed by atoms with Crippen LogP contribution in [-0.4, -0.2) is 22.4 Å². The zero-order valence-electron chi connectivity index (χ0n) is 17.3. The van der Waals surface area contributed by atoms with Crippen molar-refractivity contribution in [3.05, 3.63) is 124 Å². The first-order chi connectivity index (χ1) is 15.8. The first-order valence-corrected chi connectivity index (χ1v) is 10.9. The lowest BCUT2D eigenvalue weighted by molar-refractivity contribution is 0.634. The Labute approximate surface area is 185 Å². The predicted octanol–water partition coefficient (Wildman–Crippen LogP) is 3.30. The van der Waals surface area contributed by atoms with Crippen LogP contribution in [0.2, 0.25) is 0 Å². The molecule has 8 bridgehead atoms. The fourth-order valence-electron chi connectivity index (χ4n) is 4.96. The summed E-state index contributed by atoms with van der Waals surface area (Å²) < 4.78 is 0. The Hall–Kier alpha value is -4.18. The second-order valence-electron chi connectivity index (χ2n) is 8.50. The average Bonchev–Trinajstić information content (AvgIpc) is 3.58. The van der Waals surface area contributed by atoms with E-state index in [1.165, 1.54) is 5.57 Å². The van der Waals surface area contributed by atoms with E-state index >= 15 is 0 Å². The van der Waals surface area contributed by atoms with E-state index in [4.69, 9.17) is 9.98 Å². The molecule has 1 aromatic heterocycles. The second-order valence-corrected chi connectivity index (χ2v) is 8.50. The van der Waals surface area contributed by atoms with Crippen molar-refractivity contribution in [3.8, 4) is 0 Å². The summed E-state index contributed by atoms with van der Waals surface area (Å²) in [4.78, 5) is 13.3. The standard InChI is InChI=1S/C28H20N4/c1-3-7-23-21(5-1)25-14-19-11-9-17(29-19)13-18-10-12-20(30-18)15-26-22-6-2-4-8-24(22)28(32-26)16-27(23)31-25/h1-16,21,25,30-31H/t21-,25?/m0/s1. The van der Waals surface area contributed by atoms with Gasteiger partial charge in [-0.25, -0.2) is 9.98 Å². The van der Waals surface area contributed by atoms with Crippen LogP contribution in [0.15, 0.2) is 112 Å². The van der Waals surface area contributed by atoms with Gasteiger partial charge in [0.15, 0.2) is 0 Å². The molecule has 0 fully saturated rings. The summed E-state index contributed by atoms with van der Waals surface area (Å²) in [5.41, 5.74) is 8.65. The molecular formula is C28H20N4. The molecule has 4 nitrogen and oxygen atoms in total. The first-order valence-electron chi connectivity index (χ1n) is 10.9. The number of aromatic nitrogens is 1. The monoisotopic (exact) mass is 412 g/mol. The van der Waals surface area contributed by atoms with E-state index in [9.17, 15) is 0 Å². The van der Waals surface area contributed by atoms with Gasteiger partial charge in [0.1, 0.15) is 0 Å². The third-order valence-electron chi connectivity index (χ3n) is 6.45. The topological polar surface area (TPSA) is 52.5 Å². The summed E-state index contributed by atoms with van der Waals surface area (Å²) in [6.07, 6.45) is 21.5. The molecule has 4 aliphatic heterocycles. The fraction of sp³-hybridized carbons (Fsp3) is 0.0714. The number of rotatable bonds is 0. The maximum Gasteiger partial charge on any atom is 0.0737 e. The number of hydrogen-bond acceptors (Lipinski definition) is 3. The van der Waals surface area contributed by atoms with Crippen molar-refractivity contribution in [1.82, 2.24) is 10.3 Å². The van der Waals surface area contributed by atoms with Crippen molar-refractivity contribution < 1.29 is 0 Å². The molecule has 5 heterocycles. The van der Waals surface area contributed by atoms with Gasteiger partial charge >= 0.3 is 0 Å². The number of fused-ring (bicyclic) bond motifs is 11. The third-order valence-corrected chi connectivity index (χ3v) is 6.45. The largest absolute Gasteiger partial charge is 0.378 e. The summed E-state index contributed by atoms with van der Waals surface area (Å²) in [6.45, 7) is 0. The van der Waals surface area contributed by atoms with Crippen molar-refractivity contribution in [2.24, 2.45) is 15.9 Å². The second kappa shape index (κ2) is 6.66. The maximum absolute atomic E-state index is 5.04. The predicted molar refractivity (Wildman–Crippen MR) is 130 cm³/mol. The van der Waals surface area contributed by atoms with Crippen LogP contribution in [0.25, 0.3) is 17.8 Å².